The summed E-state index contributed by atoms with van der Waals surface area (Å²) in [5.74, 6) is -3.42. The molecular formula is C25H24ClF2N3O2S. The minimum atomic E-state index is -3.16. The molecule has 2 aromatic heterocycles. The molecule has 0 fully saturated rings. The molecule has 0 spiro atoms. The highest BCUT2D eigenvalue weighted by Gasteiger charge is 2.35. The van der Waals surface area contributed by atoms with E-state index in [-0.39, 0.29) is 27.9 Å². The standard InChI is InChI=1S/C25H24ClF2N3O2S/c1-15(24(32)30-8-5-18(6-9-30)22-14-34-17(3)29-22)23(26)31-12-20(19-7-10-33-13-19)11-21(16(31)2)25(4,27)28/h5,7,10-14H,2,6,8-9H2,1,3-4H3/b23-15+. The van der Waals surface area contributed by atoms with Crippen LogP contribution in [-0.4, -0.2) is 39.7 Å². The molecule has 0 saturated carbocycles. The van der Waals surface area contributed by atoms with E-state index < -0.39 is 5.92 Å². The smallest absolute Gasteiger partial charge is 0.272 e. The van der Waals surface area contributed by atoms with Gasteiger partial charge in [0.15, 0.2) is 0 Å². The Bertz CT molecular complexity index is 1250. The molecular weight excluding hydrogens is 480 g/mol. The minimum Gasteiger partial charge on any atom is -0.472 e. The van der Waals surface area contributed by atoms with Gasteiger partial charge in [0.1, 0.15) is 5.16 Å². The summed E-state index contributed by atoms with van der Waals surface area (Å²) in [6.07, 6.45) is 8.53. The molecule has 0 unspecified atom stereocenters. The minimum absolute atomic E-state index is 0.0108. The lowest BCUT2D eigenvalue weighted by Gasteiger charge is -2.33. The number of halogens is 3. The van der Waals surface area contributed by atoms with Crippen molar-refractivity contribution >= 4 is 40.0 Å². The van der Waals surface area contributed by atoms with Crippen molar-refractivity contribution < 1.29 is 18.0 Å². The number of carbonyl (C=O) groups is 1. The molecule has 178 valence electrons. The number of thiazole rings is 1. The zero-order valence-electron chi connectivity index (χ0n) is 19.1. The highest BCUT2D eigenvalue weighted by molar-refractivity contribution is 7.09. The molecule has 0 saturated heterocycles. The molecule has 0 aliphatic carbocycles. The van der Waals surface area contributed by atoms with Crippen molar-refractivity contribution in [2.45, 2.75) is 33.1 Å². The van der Waals surface area contributed by atoms with Gasteiger partial charge in [-0.05, 0) is 38.0 Å². The highest BCUT2D eigenvalue weighted by Crippen LogP contribution is 2.40. The summed E-state index contributed by atoms with van der Waals surface area (Å²) in [4.78, 5) is 20.7. The largest absolute Gasteiger partial charge is 0.472 e. The summed E-state index contributed by atoms with van der Waals surface area (Å²) in [7, 11) is 0. The lowest BCUT2D eigenvalue weighted by atomic mass is 9.97. The van der Waals surface area contributed by atoms with E-state index in [1.807, 2.05) is 18.4 Å². The van der Waals surface area contributed by atoms with Crippen LogP contribution < -0.4 is 0 Å². The van der Waals surface area contributed by atoms with E-state index in [1.165, 1.54) is 23.5 Å². The van der Waals surface area contributed by atoms with Crippen molar-refractivity contribution in [3.63, 3.8) is 0 Å². The van der Waals surface area contributed by atoms with Gasteiger partial charge in [0.05, 0.1) is 23.2 Å². The number of aromatic nitrogens is 1. The van der Waals surface area contributed by atoms with E-state index in [0.29, 0.717) is 30.6 Å². The van der Waals surface area contributed by atoms with E-state index in [9.17, 15) is 13.6 Å². The van der Waals surface area contributed by atoms with Crippen LogP contribution in [0.5, 0.6) is 0 Å². The number of allylic oxidation sites excluding steroid dienone is 3. The quantitative estimate of drug-likeness (QED) is 0.341. The predicted octanol–water partition coefficient (Wildman–Crippen LogP) is 6.58. The fraction of sp³-hybridized carbons (Fsp3) is 0.280. The van der Waals surface area contributed by atoms with Gasteiger partial charge in [0, 0.05) is 59.6 Å². The van der Waals surface area contributed by atoms with Gasteiger partial charge in [-0.3, -0.25) is 4.79 Å². The topological polar surface area (TPSA) is 49.6 Å². The van der Waals surface area contributed by atoms with Crippen LogP contribution >= 0.6 is 22.9 Å². The van der Waals surface area contributed by atoms with Crippen molar-refractivity contribution in [2.24, 2.45) is 0 Å². The van der Waals surface area contributed by atoms with E-state index in [0.717, 1.165) is 23.2 Å². The number of alkyl halides is 2. The van der Waals surface area contributed by atoms with Gasteiger partial charge in [0.25, 0.3) is 11.8 Å². The first-order chi connectivity index (χ1) is 16.1. The van der Waals surface area contributed by atoms with Gasteiger partial charge in [0.2, 0.25) is 0 Å². The molecule has 4 heterocycles. The van der Waals surface area contributed by atoms with E-state index in [1.54, 1.807) is 35.4 Å². The fourth-order valence-corrected chi connectivity index (χ4v) is 4.74. The third-order valence-corrected chi connectivity index (χ3v) is 7.02. The van der Waals surface area contributed by atoms with Gasteiger partial charge in [-0.1, -0.05) is 24.3 Å². The summed E-state index contributed by atoms with van der Waals surface area (Å²) in [6.45, 7) is 9.11. The Hall–Kier alpha value is -2.97. The number of furan rings is 1. The van der Waals surface area contributed by atoms with E-state index in [2.05, 4.69) is 11.6 Å². The molecule has 2 aliphatic heterocycles. The van der Waals surface area contributed by atoms with Crippen LogP contribution in [0, 0.1) is 6.92 Å². The molecule has 0 atom stereocenters. The van der Waals surface area contributed by atoms with Gasteiger partial charge in [-0.15, -0.1) is 11.3 Å². The van der Waals surface area contributed by atoms with Crippen LogP contribution in [0.2, 0.25) is 0 Å². The van der Waals surface area contributed by atoms with Crippen molar-refractivity contribution in [1.82, 2.24) is 14.8 Å². The van der Waals surface area contributed by atoms with Crippen molar-refractivity contribution in [2.75, 3.05) is 13.1 Å². The third-order valence-electron chi connectivity index (χ3n) is 5.78. The number of hydrogen-bond donors (Lipinski definition) is 0. The maximum atomic E-state index is 14.4. The van der Waals surface area contributed by atoms with Gasteiger partial charge < -0.3 is 14.2 Å². The fourth-order valence-electron chi connectivity index (χ4n) is 3.87. The molecule has 2 aromatic rings. The average molecular weight is 504 g/mol. The van der Waals surface area contributed by atoms with Crippen LogP contribution in [0.4, 0.5) is 8.78 Å². The first-order valence-corrected chi connectivity index (χ1v) is 11.9. The zero-order valence-corrected chi connectivity index (χ0v) is 20.6. The van der Waals surface area contributed by atoms with E-state index in [4.69, 9.17) is 16.0 Å². The van der Waals surface area contributed by atoms with Crippen LogP contribution in [0.15, 0.2) is 75.3 Å². The average Bonchev–Trinajstić information content (AvgIpc) is 3.49. The normalized spacial score (nSPS) is 17.8. The summed E-state index contributed by atoms with van der Waals surface area (Å²) >= 11 is 8.21. The molecule has 0 aromatic carbocycles. The molecule has 5 nitrogen and oxygen atoms in total. The van der Waals surface area contributed by atoms with Gasteiger partial charge >= 0.3 is 0 Å². The Morgan fingerprint density at radius 1 is 1.38 bits per heavy atom. The molecule has 0 bridgehead atoms. The van der Waals surface area contributed by atoms with Crippen molar-refractivity contribution in [3.8, 4) is 0 Å². The van der Waals surface area contributed by atoms with Crippen molar-refractivity contribution in [1.29, 1.82) is 0 Å². The third kappa shape index (κ3) is 4.79. The van der Waals surface area contributed by atoms with Gasteiger partial charge in [-0.25, -0.2) is 13.8 Å². The maximum absolute atomic E-state index is 14.4. The molecule has 4 rings (SSSR count). The molecule has 9 heteroatoms. The maximum Gasteiger partial charge on any atom is 0.272 e. The zero-order chi connectivity index (χ0) is 24.6. The Labute approximate surface area is 206 Å². The van der Waals surface area contributed by atoms with E-state index >= 15 is 0 Å². The first kappa shape index (κ1) is 24.2. The Morgan fingerprint density at radius 2 is 2.15 bits per heavy atom. The van der Waals surface area contributed by atoms with Crippen molar-refractivity contribution in [3.05, 3.63) is 87.2 Å². The number of nitrogens with zero attached hydrogens (tertiary/aromatic N) is 3. The molecule has 1 amide bonds. The number of amides is 1. The number of hydrogen-bond acceptors (Lipinski definition) is 5. The number of rotatable bonds is 5. The monoisotopic (exact) mass is 503 g/mol. The highest BCUT2D eigenvalue weighted by atomic mass is 35.5. The lowest BCUT2D eigenvalue weighted by molar-refractivity contribution is -0.126. The predicted molar refractivity (Wildman–Crippen MR) is 131 cm³/mol. The molecule has 0 radical (unpaired) electrons. The van der Waals surface area contributed by atoms with Crippen LogP contribution in [0.25, 0.3) is 11.1 Å². The summed E-state index contributed by atoms with van der Waals surface area (Å²) in [6, 6.07) is 1.66. The second kappa shape index (κ2) is 9.35. The van der Waals surface area contributed by atoms with Crippen LogP contribution in [0.3, 0.4) is 0 Å². The van der Waals surface area contributed by atoms with Crippen LogP contribution in [0.1, 0.15) is 36.5 Å². The van der Waals surface area contributed by atoms with Gasteiger partial charge in [-0.2, -0.15) is 0 Å². The molecule has 2 aliphatic rings. The second-order valence-electron chi connectivity index (χ2n) is 8.26. The van der Waals surface area contributed by atoms with Crippen LogP contribution in [-0.2, 0) is 4.79 Å². The summed E-state index contributed by atoms with van der Waals surface area (Å²) < 4.78 is 33.9. The number of carbonyl (C=O) groups excluding carboxylic acids is 1. The SMILES string of the molecule is C=C1C(C(C)(F)F)=CC(c2ccoc2)=CN1/C(Cl)=C(\C)C(=O)N1CC=C(c2csc(C)n2)CC1. The Morgan fingerprint density at radius 3 is 2.71 bits per heavy atom. The molecule has 0 N–H and O–H groups in total. The Balaban J connectivity index is 1.60. The lowest BCUT2D eigenvalue weighted by Crippen LogP contribution is -2.36. The first-order valence-electron chi connectivity index (χ1n) is 10.7. The number of aryl methyl sites for hydroxylation is 1. The summed E-state index contributed by atoms with van der Waals surface area (Å²) in [5.41, 5.74) is 3.11. The Kier molecular flexibility index (Phi) is 6.64. The second-order valence-corrected chi connectivity index (χ2v) is 9.68. The summed E-state index contributed by atoms with van der Waals surface area (Å²) in [5, 5.41) is 3.03. The molecule has 34 heavy (non-hydrogen) atoms.